The van der Waals surface area contributed by atoms with Gasteiger partial charge in [0.05, 0.1) is 6.10 Å². The summed E-state index contributed by atoms with van der Waals surface area (Å²) < 4.78 is 5.56. The van der Waals surface area contributed by atoms with Crippen LogP contribution >= 0.6 is 0 Å². The molecule has 4 heteroatoms. The van der Waals surface area contributed by atoms with Gasteiger partial charge in [-0.1, -0.05) is 32.0 Å². The molecular weight excluding hydrogens is 254 g/mol. The topological polar surface area (TPSA) is 58.6 Å². The van der Waals surface area contributed by atoms with E-state index in [1.807, 2.05) is 44.2 Å². The van der Waals surface area contributed by atoms with E-state index in [1.54, 1.807) is 13.8 Å². The molecule has 0 bridgehead atoms. The van der Waals surface area contributed by atoms with Gasteiger partial charge in [0.15, 0.2) is 6.10 Å². The number of nitrogens with one attached hydrogen (secondary N) is 1. The first kappa shape index (κ1) is 16.5. The summed E-state index contributed by atoms with van der Waals surface area (Å²) in [6.45, 7) is 8.03. The second-order valence-electron chi connectivity index (χ2n) is 6.01. The first-order chi connectivity index (χ1) is 9.30. The molecule has 0 radical (unpaired) electrons. The van der Waals surface area contributed by atoms with E-state index in [4.69, 9.17) is 4.74 Å². The van der Waals surface area contributed by atoms with Gasteiger partial charge < -0.3 is 15.2 Å². The minimum atomic E-state index is -0.542. The molecule has 0 aliphatic rings. The van der Waals surface area contributed by atoms with Crippen molar-refractivity contribution in [3.05, 3.63) is 30.3 Å². The molecule has 0 aliphatic carbocycles. The van der Waals surface area contributed by atoms with Crippen molar-refractivity contribution in [2.75, 3.05) is 6.54 Å². The number of carbonyl (C=O) groups excluding carboxylic acids is 1. The van der Waals surface area contributed by atoms with Crippen LogP contribution in [0.3, 0.4) is 0 Å². The highest BCUT2D eigenvalue weighted by atomic mass is 16.5. The molecule has 2 unspecified atom stereocenters. The van der Waals surface area contributed by atoms with Crippen molar-refractivity contribution in [2.45, 2.75) is 46.3 Å². The molecule has 4 nitrogen and oxygen atoms in total. The highest BCUT2D eigenvalue weighted by Gasteiger charge is 2.23. The molecule has 112 valence electrons. The summed E-state index contributed by atoms with van der Waals surface area (Å²) in [6.07, 6.45) is -0.277. The van der Waals surface area contributed by atoms with E-state index in [-0.39, 0.29) is 17.4 Å². The maximum absolute atomic E-state index is 12.0. The Labute approximate surface area is 121 Å². The van der Waals surface area contributed by atoms with Crippen LogP contribution in [-0.4, -0.2) is 29.8 Å². The molecule has 0 aliphatic heterocycles. The summed E-state index contributed by atoms with van der Waals surface area (Å²) in [5.41, 5.74) is -0.143. The molecule has 0 saturated carbocycles. The number of ether oxygens (including phenoxy) is 1. The van der Waals surface area contributed by atoms with Crippen LogP contribution in [0.4, 0.5) is 0 Å². The number of rotatable bonds is 7. The average Bonchev–Trinajstić information content (AvgIpc) is 2.35. The molecule has 20 heavy (non-hydrogen) atoms. The molecule has 1 aromatic carbocycles. The summed E-state index contributed by atoms with van der Waals surface area (Å²) in [4.78, 5) is 12.0. The Morgan fingerprint density at radius 1 is 1.30 bits per heavy atom. The predicted octanol–water partition coefficient (Wildman–Crippen LogP) is 2.37. The van der Waals surface area contributed by atoms with Gasteiger partial charge in [-0.25, -0.2) is 0 Å². The lowest BCUT2D eigenvalue weighted by molar-refractivity contribution is -0.127. The Balaban J connectivity index is 2.42. The fraction of sp³-hybridized carbons (Fsp3) is 0.562. The second kappa shape index (κ2) is 7.29. The van der Waals surface area contributed by atoms with Crippen molar-refractivity contribution < 1.29 is 14.6 Å². The fourth-order valence-electron chi connectivity index (χ4n) is 2.10. The van der Waals surface area contributed by atoms with Crippen LogP contribution in [0.2, 0.25) is 0 Å². The van der Waals surface area contributed by atoms with Gasteiger partial charge in [0.1, 0.15) is 5.75 Å². The lowest BCUT2D eigenvalue weighted by Gasteiger charge is -2.27. The monoisotopic (exact) mass is 279 g/mol. The lowest BCUT2D eigenvalue weighted by atomic mass is 9.87. The molecule has 0 fully saturated rings. The maximum atomic E-state index is 12.0. The largest absolute Gasteiger partial charge is 0.481 e. The highest BCUT2D eigenvalue weighted by molar-refractivity contribution is 5.80. The molecule has 0 aromatic heterocycles. The molecule has 0 saturated heterocycles. The number of carbonyl (C=O) groups is 1. The van der Waals surface area contributed by atoms with Crippen molar-refractivity contribution >= 4 is 5.91 Å². The van der Waals surface area contributed by atoms with E-state index in [0.717, 1.165) is 0 Å². The van der Waals surface area contributed by atoms with E-state index in [9.17, 15) is 9.90 Å². The summed E-state index contributed by atoms with van der Waals surface area (Å²) in [5, 5.41) is 12.3. The fourth-order valence-corrected chi connectivity index (χ4v) is 2.10. The second-order valence-corrected chi connectivity index (χ2v) is 6.01. The SMILES string of the molecule is CC(O)CC(C)(C)CNC(=O)C(C)Oc1ccccc1. The summed E-state index contributed by atoms with van der Waals surface area (Å²) >= 11 is 0. The molecular formula is C16H25NO3. The van der Waals surface area contributed by atoms with Crippen molar-refractivity contribution in [2.24, 2.45) is 5.41 Å². The van der Waals surface area contributed by atoms with E-state index in [0.29, 0.717) is 18.7 Å². The van der Waals surface area contributed by atoms with Gasteiger partial charge in [0, 0.05) is 6.54 Å². The number of benzene rings is 1. The minimum Gasteiger partial charge on any atom is -0.481 e. The van der Waals surface area contributed by atoms with E-state index in [2.05, 4.69) is 5.32 Å². The highest BCUT2D eigenvalue weighted by Crippen LogP contribution is 2.21. The van der Waals surface area contributed by atoms with Gasteiger partial charge in [-0.3, -0.25) is 4.79 Å². The van der Waals surface area contributed by atoms with Gasteiger partial charge in [-0.15, -0.1) is 0 Å². The first-order valence-corrected chi connectivity index (χ1v) is 6.98. The summed E-state index contributed by atoms with van der Waals surface area (Å²) in [5.74, 6) is 0.533. The molecule has 1 rings (SSSR count). The Morgan fingerprint density at radius 2 is 1.90 bits per heavy atom. The lowest BCUT2D eigenvalue weighted by Crippen LogP contribution is -2.41. The Bertz CT molecular complexity index is 415. The number of aliphatic hydroxyl groups is 1. The van der Waals surface area contributed by atoms with Crippen LogP contribution in [-0.2, 0) is 4.79 Å². The Kier molecular flexibility index (Phi) is 6.02. The third-order valence-electron chi connectivity index (χ3n) is 3.01. The van der Waals surface area contributed by atoms with E-state index in [1.165, 1.54) is 0 Å². The number of amides is 1. The Morgan fingerprint density at radius 3 is 2.45 bits per heavy atom. The van der Waals surface area contributed by atoms with Crippen LogP contribution in [0.1, 0.15) is 34.1 Å². The van der Waals surface area contributed by atoms with Crippen LogP contribution in [0.15, 0.2) is 30.3 Å². The minimum absolute atomic E-state index is 0.143. The molecule has 0 spiro atoms. The molecule has 2 atom stereocenters. The van der Waals surface area contributed by atoms with Gasteiger partial charge in [0.25, 0.3) is 5.91 Å². The smallest absolute Gasteiger partial charge is 0.260 e. The van der Waals surface area contributed by atoms with Crippen LogP contribution in [0.5, 0.6) is 5.75 Å². The zero-order valence-electron chi connectivity index (χ0n) is 12.7. The van der Waals surface area contributed by atoms with Gasteiger partial charge >= 0.3 is 0 Å². The van der Waals surface area contributed by atoms with E-state index >= 15 is 0 Å². The third kappa shape index (κ3) is 6.06. The Hall–Kier alpha value is -1.55. The summed E-state index contributed by atoms with van der Waals surface area (Å²) in [7, 11) is 0. The molecule has 2 N–H and O–H groups in total. The van der Waals surface area contributed by atoms with Crippen molar-refractivity contribution in [1.29, 1.82) is 0 Å². The number of hydrogen-bond acceptors (Lipinski definition) is 3. The van der Waals surface area contributed by atoms with Gasteiger partial charge in [-0.05, 0) is 37.8 Å². The normalized spacial score (nSPS) is 14.4. The van der Waals surface area contributed by atoms with Crippen molar-refractivity contribution in [1.82, 2.24) is 5.32 Å². The zero-order valence-corrected chi connectivity index (χ0v) is 12.7. The third-order valence-corrected chi connectivity index (χ3v) is 3.01. The average molecular weight is 279 g/mol. The maximum Gasteiger partial charge on any atom is 0.260 e. The first-order valence-electron chi connectivity index (χ1n) is 6.98. The van der Waals surface area contributed by atoms with E-state index < -0.39 is 6.10 Å². The number of hydrogen-bond donors (Lipinski definition) is 2. The van der Waals surface area contributed by atoms with Gasteiger partial charge in [0.2, 0.25) is 0 Å². The van der Waals surface area contributed by atoms with Crippen LogP contribution in [0, 0.1) is 5.41 Å². The number of aliphatic hydroxyl groups excluding tert-OH is 1. The quantitative estimate of drug-likeness (QED) is 0.805. The number of para-hydroxylation sites is 1. The summed E-state index contributed by atoms with van der Waals surface area (Å²) in [6, 6.07) is 9.27. The van der Waals surface area contributed by atoms with Gasteiger partial charge in [-0.2, -0.15) is 0 Å². The van der Waals surface area contributed by atoms with Crippen molar-refractivity contribution in [3.63, 3.8) is 0 Å². The molecule has 0 heterocycles. The zero-order chi connectivity index (χ0) is 15.2. The van der Waals surface area contributed by atoms with Crippen molar-refractivity contribution in [3.8, 4) is 5.75 Å². The predicted molar refractivity (Wildman–Crippen MR) is 79.6 cm³/mol. The molecule has 1 amide bonds. The van der Waals surface area contributed by atoms with Crippen LogP contribution in [0.25, 0.3) is 0 Å². The molecule has 1 aromatic rings. The standard InChI is InChI=1S/C16H25NO3/c1-12(18)10-16(3,4)11-17-15(19)13(2)20-14-8-6-5-7-9-14/h5-9,12-13,18H,10-11H2,1-4H3,(H,17,19). The van der Waals surface area contributed by atoms with Crippen LogP contribution < -0.4 is 10.1 Å².